The largest absolute Gasteiger partial charge is 0.491 e. The number of ether oxygens (including phenoxy) is 3. The van der Waals surface area contributed by atoms with Crippen molar-refractivity contribution in [2.45, 2.75) is 51.7 Å². The van der Waals surface area contributed by atoms with Crippen LogP contribution < -0.4 is 30.2 Å². The van der Waals surface area contributed by atoms with Gasteiger partial charge in [0.2, 0.25) is 17.7 Å². The van der Waals surface area contributed by atoms with Gasteiger partial charge in [0.05, 0.1) is 24.6 Å². The van der Waals surface area contributed by atoms with E-state index in [1.54, 1.807) is 54.3 Å². The maximum atomic E-state index is 14.9. The van der Waals surface area contributed by atoms with E-state index in [1.165, 1.54) is 12.1 Å². The van der Waals surface area contributed by atoms with E-state index in [-0.39, 0.29) is 54.9 Å². The van der Waals surface area contributed by atoms with E-state index >= 15 is 0 Å². The summed E-state index contributed by atoms with van der Waals surface area (Å²) in [4.78, 5) is 56.2. The number of hydrogen-bond donors (Lipinski definition) is 3. The zero-order valence-electron chi connectivity index (χ0n) is 29.4. The second kappa shape index (κ2) is 17.8. The third-order valence-corrected chi connectivity index (χ3v) is 8.42. The van der Waals surface area contributed by atoms with E-state index in [2.05, 4.69) is 16.0 Å². The van der Waals surface area contributed by atoms with Gasteiger partial charge in [0.15, 0.2) is 17.3 Å². The summed E-state index contributed by atoms with van der Waals surface area (Å²) >= 11 is 0. The highest BCUT2D eigenvalue weighted by molar-refractivity contribution is 6.01. The second-order valence-corrected chi connectivity index (χ2v) is 12.5. The molecule has 1 heterocycles. The first-order valence-electron chi connectivity index (χ1n) is 17.2. The van der Waals surface area contributed by atoms with Gasteiger partial charge in [-0.1, -0.05) is 66.2 Å². The van der Waals surface area contributed by atoms with Crippen molar-refractivity contribution in [2.24, 2.45) is 0 Å². The van der Waals surface area contributed by atoms with Crippen molar-refractivity contribution in [3.8, 4) is 23.0 Å². The van der Waals surface area contributed by atoms with Crippen molar-refractivity contribution in [2.75, 3.05) is 26.3 Å². The van der Waals surface area contributed by atoms with E-state index in [4.69, 9.17) is 14.2 Å². The lowest BCUT2D eigenvalue weighted by atomic mass is 10.0. The Morgan fingerprint density at radius 3 is 2.44 bits per heavy atom. The maximum Gasteiger partial charge on any atom is 0.255 e. The molecule has 4 amide bonds. The molecule has 272 valence electrons. The quantitative estimate of drug-likeness (QED) is 0.212. The zero-order valence-corrected chi connectivity index (χ0v) is 29.4. The van der Waals surface area contributed by atoms with Crippen molar-refractivity contribution in [3.05, 3.63) is 120 Å². The minimum absolute atomic E-state index is 0.0943. The summed E-state index contributed by atoms with van der Waals surface area (Å²) in [6.45, 7) is 5.93. The van der Waals surface area contributed by atoms with Crippen LogP contribution in [0.15, 0.2) is 97.1 Å². The van der Waals surface area contributed by atoms with Crippen molar-refractivity contribution < 1.29 is 37.8 Å². The Morgan fingerprint density at radius 1 is 0.962 bits per heavy atom. The Hall–Kier alpha value is -5.91. The molecule has 3 N–H and O–H groups in total. The summed E-state index contributed by atoms with van der Waals surface area (Å²) in [5.74, 6) is -2.10. The molecular formula is C40H43FN4O7. The smallest absolute Gasteiger partial charge is 0.255 e. The molecule has 0 saturated carbocycles. The molecule has 0 radical (unpaired) electrons. The fourth-order valence-electron chi connectivity index (χ4n) is 5.66. The van der Waals surface area contributed by atoms with Crippen LogP contribution in [0.2, 0.25) is 0 Å². The molecule has 0 saturated heterocycles. The van der Waals surface area contributed by atoms with Crippen LogP contribution in [-0.2, 0) is 20.8 Å². The fraction of sp³-hybridized carbons (Fsp3) is 0.300. The number of carbonyl (C=O) groups excluding carboxylic acids is 4. The molecule has 0 spiro atoms. The number of hydrogen-bond acceptors (Lipinski definition) is 7. The van der Waals surface area contributed by atoms with Crippen molar-refractivity contribution >= 4 is 23.6 Å². The SMILES string of the molecule is CCN1CCOc2ccccc2C(=O)N[C@H](C(=O)N[C@H](C)COc2c(F)cccc2Oc2ccc(C)cc2)CC(=O)N[C@@H](Cc2ccccc2)C1=O. The molecule has 1 aliphatic heterocycles. The first kappa shape index (κ1) is 37.3. The van der Waals surface area contributed by atoms with Crippen LogP contribution in [0.3, 0.4) is 0 Å². The molecule has 52 heavy (non-hydrogen) atoms. The average Bonchev–Trinajstić information content (AvgIpc) is 3.13. The highest BCUT2D eigenvalue weighted by Gasteiger charge is 2.31. The van der Waals surface area contributed by atoms with Crippen molar-refractivity contribution in [1.29, 1.82) is 0 Å². The van der Waals surface area contributed by atoms with Gasteiger partial charge >= 0.3 is 0 Å². The number of fused-ring (bicyclic) bond motifs is 1. The molecule has 12 heteroatoms. The van der Waals surface area contributed by atoms with Crippen LogP contribution in [-0.4, -0.2) is 73.0 Å². The van der Waals surface area contributed by atoms with E-state index in [1.807, 2.05) is 56.3 Å². The lowest BCUT2D eigenvalue weighted by molar-refractivity contribution is -0.137. The average molecular weight is 711 g/mol. The standard InChI is InChI=1S/C40H43FN4O7/c1-4-45-21-22-50-34-15-9-8-13-30(34)38(47)44-32(24-36(46)43-33(40(45)49)23-28-11-6-5-7-12-28)39(48)42-27(3)25-51-37-31(41)14-10-16-35(37)52-29-19-17-26(2)18-20-29/h5-20,27,32-33H,4,21-25H2,1-3H3,(H,42,48)(H,43,46)(H,44,47)/t27-,32+,33+/m1/s1. The van der Waals surface area contributed by atoms with Crippen LogP contribution in [0.1, 0.15) is 41.8 Å². The Morgan fingerprint density at radius 2 is 1.69 bits per heavy atom. The van der Waals surface area contributed by atoms with Crippen LogP contribution in [0.5, 0.6) is 23.0 Å². The molecule has 3 atom stereocenters. The van der Waals surface area contributed by atoms with Crippen LogP contribution in [0.25, 0.3) is 0 Å². The number of carbonyl (C=O) groups is 4. The summed E-state index contributed by atoms with van der Waals surface area (Å²) < 4.78 is 32.6. The Kier molecular flexibility index (Phi) is 12.8. The van der Waals surface area contributed by atoms with Crippen molar-refractivity contribution in [3.63, 3.8) is 0 Å². The van der Waals surface area contributed by atoms with Crippen molar-refractivity contribution in [1.82, 2.24) is 20.9 Å². The fourth-order valence-corrected chi connectivity index (χ4v) is 5.66. The van der Waals surface area contributed by atoms with Gasteiger partial charge in [-0.3, -0.25) is 19.2 Å². The van der Waals surface area contributed by atoms with Gasteiger partial charge in [0, 0.05) is 13.0 Å². The van der Waals surface area contributed by atoms with Crippen LogP contribution in [0.4, 0.5) is 4.39 Å². The predicted molar refractivity (Wildman–Crippen MR) is 193 cm³/mol. The second-order valence-electron chi connectivity index (χ2n) is 12.5. The molecule has 4 aromatic carbocycles. The minimum Gasteiger partial charge on any atom is -0.491 e. The molecule has 0 aromatic heterocycles. The van der Waals surface area contributed by atoms with E-state index < -0.39 is 48.1 Å². The molecule has 0 unspecified atom stereocenters. The Balaban J connectivity index is 1.34. The number of amides is 4. The number of rotatable bonds is 10. The Labute approximate surface area is 302 Å². The Bertz CT molecular complexity index is 1850. The molecule has 5 rings (SSSR count). The number of benzene rings is 4. The van der Waals surface area contributed by atoms with Gasteiger partial charge in [-0.2, -0.15) is 0 Å². The van der Waals surface area contributed by atoms with Gasteiger partial charge in [-0.15, -0.1) is 0 Å². The molecule has 11 nitrogen and oxygen atoms in total. The van der Waals surface area contributed by atoms with E-state index in [0.29, 0.717) is 12.3 Å². The molecule has 4 aromatic rings. The number of para-hydroxylation sites is 2. The highest BCUT2D eigenvalue weighted by atomic mass is 19.1. The summed E-state index contributed by atoms with van der Waals surface area (Å²) in [7, 11) is 0. The van der Waals surface area contributed by atoms with Gasteiger partial charge in [-0.05, 0) is 62.7 Å². The van der Waals surface area contributed by atoms with Gasteiger partial charge in [-0.25, -0.2) is 4.39 Å². The van der Waals surface area contributed by atoms with Gasteiger partial charge in [0.25, 0.3) is 5.91 Å². The topological polar surface area (TPSA) is 135 Å². The predicted octanol–water partition coefficient (Wildman–Crippen LogP) is 4.97. The highest BCUT2D eigenvalue weighted by Crippen LogP contribution is 2.34. The monoisotopic (exact) mass is 710 g/mol. The molecular weight excluding hydrogens is 667 g/mol. The number of likely N-dealkylation sites (N-methyl/N-ethyl adjacent to an activating group) is 1. The number of halogens is 1. The minimum atomic E-state index is -1.35. The van der Waals surface area contributed by atoms with Crippen LogP contribution >= 0.6 is 0 Å². The maximum absolute atomic E-state index is 14.9. The number of nitrogens with zero attached hydrogens (tertiary/aromatic N) is 1. The summed E-state index contributed by atoms with van der Waals surface area (Å²) in [5.41, 5.74) is 2.03. The zero-order chi connectivity index (χ0) is 37.0. The number of nitrogens with one attached hydrogen (secondary N) is 3. The lowest BCUT2D eigenvalue weighted by Crippen LogP contribution is -2.54. The van der Waals surface area contributed by atoms with E-state index in [0.717, 1.165) is 11.1 Å². The first-order valence-corrected chi connectivity index (χ1v) is 17.2. The van der Waals surface area contributed by atoms with E-state index in [9.17, 15) is 23.6 Å². The third-order valence-electron chi connectivity index (χ3n) is 8.42. The first-order chi connectivity index (χ1) is 25.1. The summed E-state index contributed by atoms with van der Waals surface area (Å²) in [5, 5.41) is 8.24. The summed E-state index contributed by atoms with van der Waals surface area (Å²) in [6, 6.07) is 24.4. The van der Waals surface area contributed by atoms with Gasteiger partial charge in [0.1, 0.15) is 36.8 Å². The summed E-state index contributed by atoms with van der Waals surface area (Å²) in [6.07, 6.45) is -0.254. The molecule has 0 aliphatic carbocycles. The van der Waals surface area contributed by atoms with Gasteiger partial charge < -0.3 is 35.1 Å². The third kappa shape index (κ3) is 10.1. The molecule has 0 bridgehead atoms. The van der Waals surface area contributed by atoms with Crippen LogP contribution in [0, 0.1) is 12.7 Å². The normalized spacial score (nSPS) is 17.4. The lowest BCUT2D eigenvalue weighted by Gasteiger charge is -2.28. The molecule has 0 fully saturated rings. The molecule has 1 aliphatic rings. The number of aryl methyl sites for hydroxylation is 1.